The molecule has 0 bridgehead atoms. The van der Waals surface area contributed by atoms with Crippen molar-refractivity contribution in [2.75, 3.05) is 0 Å². The van der Waals surface area contributed by atoms with Gasteiger partial charge in [0.15, 0.2) is 0 Å². The summed E-state index contributed by atoms with van der Waals surface area (Å²) in [7, 11) is 0. The molecule has 1 aromatic rings. The molecule has 1 nitrogen and oxygen atoms in total. The van der Waals surface area contributed by atoms with Gasteiger partial charge in [-0.05, 0) is 36.0 Å². The number of hydrogen-bond donors (Lipinski definition) is 0. The molecular formula is C11H11N. The highest BCUT2D eigenvalue weighted by Gasteiger charge is 2.20. The Morgan fingerprint density at radius 2 is 2.33 bits per heavy atom. The second-order valence-electron chi connectivity index (χ2n) is 3.42. The van der Waals surface area contributed by atoms with E-state index >= 15 is 0 Å². The Hall–Kier alpha value is -1.29. The van der Waals surface area contributed by atoms with Crippen LogP contribution in [0, 0.1) is 11.3 Å². The predicted octanol–water partition coefficient (Wildman–Crippen LogP) is 2.61. The van der Waals surface area contributed by atoms with Crippen molar-refractivity contribution in [1.29, 1.82) is 5.26 Å². The van der Waals surface area contributed by atoms with Crippen molar-refractivity contribution < 1.29 is 0 Å². The van der Waals surface area contributed by atoms with E-state index in [9.17, 15) is 0 Å². The maximum absolute atomic E-state index is 8.84. The standard InChI is InChI=1S/C11H11N/c1-8-5-6-11-9(7-12)3-2-4-10(8)11/h2-4,8H,5-6H2,1H3/t8-/m1/s1. The second-order valence-corrected chi connectivity index (χ2v) is 3.42. The summed E-state index contributed by atoms with van der Waals surface area (Å²) in [6.45, 7) is 2.23. The van der Waals surface area contributed by atoms with Crippen molar-refractivity contribution in [3.05, 3.63) is 34.9 Å². The molecule has 0 radical (unpaired) electrons. The van der Waals surface area contributed by atoms with Crippen LogP contribution in [0.4, 0.5) is 0 Å². The molecule has 0 amide bonds. The van der Waals surface area contributed by atoms with Crippen LogP contribution in [-0.2, 0) is 6.42 Å². The minimum absolute atomic E-state index is 0.647. The normalized spacial score (nSPS) is 20.2. The number of rotatable bonds is 0. The molecular weight excluding hydrogens is 146 g/mol. The first-order valence-corrected chi connectivity index (χ1v) is 4.35. The van der Waals surface area contributed by atoms with Crippen LogP contribution < -0.4 is 0 Å². The molecule has 0 heterocycles. The summed E-state index contributed by atoms with van der Waals surface area (Å²) < 4.78 is 0. The smallest absolute Gasteiger partial charge is 0.0994 e. The number of hydrogen-bond acceptors (Lipinski definition) is 1. The van der Waals surface area contributed by atoms with Gasteiger partial charge in [0.25, 0.3) is 0 Å². The first-order valence-electron chi connectivity index (χ1n) is 4.35. The lowest BCUT2D eigenvalue weighted by Gasteiger charge is -2.03. The fourth-order valence-electron chi connectivity index (χ4n) is 1.97. The maximum atomic E-state index is 8.84. The molecule has 60 valence electrons. The number of fused-ring (bicyclic) bond motifs is 1. The van der Waals surface area contributed by atoms with Crippen molar-refractivity contribution in [2.24, 2.45) is 0 Å². The Labute approximate surface area is 72.6 Å². The zero-order valence-corrected chi connectivity index (χ0v) is 7.17. The third-order valence-electron chi connectivity index (χ3n) is 2.69. The Balaban J connectivity index is 2.60. The highest BCUT2D eigenvalue weighted by atomic mass is 14.3. The summed E-state index contributed by atoms with van der Waals surface area (Å²) in [6.07, 6.45) is 2.29. The Morgan fingerprint density at radius 1 is 1.50 bits per heavy atom. The monoisotopic (exact) mass is 157 g/mol. The van der Waals surface area contributed by atoms with Gasteiger partial charge in [-0.1, -0.05) is 19.1 Å². The fourth-order valence-corrected chi connectivity index (χ4v) is 1.97. The average Bonchev–Trinajstić information content (AvgIpc) is 2.48. The molecule has 0 aliphatic heterocycles. The van der Waals surface area contributed by atoms with E-state index in [4.69, 9.17) is 5.26 Å². The van der Waals surface area contributed by atoms with Gasteiger partial charge in [0, 0.05) is 0 Å². The van der Waals surface area contributed by atoms with E-state index < -0.39 is 0 Å². The summed E-state index contributed by atoms with van der Waals surface area (Å²) in [5.74, 6) is 0.647. The number of nitrogens with zero attached hydrogens (tertiary/aromatic N) is 1. The lowest BCUT2D eigenvalue weighted by molar-refractivity contribution is 0.747. The van der Waals surface area contributed by atoms with Crippen LogP contribution in [0.1, 0.15) is 36.0 Å². The molecule has 1 aliphatic carbocycles. The number of nitriles is 1. The van der Waals surface area contributed by atoms with E-state index in [2.05, 4.69) is 19.1 Å². The van der Waals surface area contributed by atoms with Gasteiger partial charge in [0.2, 0.25) is 0 Å². The second kappa shape index (κ2) is 2.64. The summed E-state index contributed by atoms with van der Waals surface area (Å²) in [5.41, 5.74) is 3.54. The Kier molecular flexibility index (Phi) is 1.62. The maximum Gasteiger partial charge on any atom is 0.0994 e. The molecule has 0 aromatic heterocycles. The van der Waals surface area contributed by atoms with Crippen molar-refractivity contribution >= 4 is 0 Å². The lowest BCUT2D eigenvalue weighted by atomic mass is 10.0. The van der Waals surface area contributed by atoms with Gasteiger partial charge in [-0.15, -0.1) is 0 Å². The molecule has 1 heteroatoms. The van der Waals surface area contributed by atoms with Crippen molar-refractivity contribution in [3.63, 3.8) is 0 Å². The van der Waals surface area contributed by atoms with E-state index in [1.165, 1.54) is 17.5 Å². The molecule has 0 N–H and O–H groups in total. The van der Waals surface area contributed by atoms with Gasteiger partial charge < -0.3 is 0 Å². The molecule has 0 unspecified atom stereocenters. The van der Waals surface area contributed by atoms with Crippen molar-refractivity contribution in [1.82, 2.24) is 0 Å². The zero-order valence-electron chi connectivity index (χ0n) is 7.17. The van der Waals surface area contributed by atoms with E-state index in [0.717, 1.165) is 12.0 Å². The van der Waals surface area contributed by atoms with Crippen LogP contribution in [-0.4, -0.2) is 0 Å². The first kappa shape index (κ1) is 7.36. The minimum Gasteiger partial charge on any atom is -0.192 e. The van der Waals surface area contributed by atoms with Gasteiger partial charge in [0.05, 0.1) is 11.6 Å². The molecule has 1 aromatic carbocycles. The van der Waals surface area contributed by atoms with Crippen LogP contribution in [0.15, 0.2) is 18.2 Å². The Morgan fingerprint density at radius 3 is 3.08 bits per heavy atom. The SMILES string of the molecule is C[C@@H]1CCc2c(C#N)cccc21. The van der Waals surface area contributed by atoms with Gasteiger partial charge in [-0.3, -0.25) is 0 Å². The summed E-state index contributed by atoms with van der Waals surface area (Å²) in [6, 6.07) is 8.29. The third kappa shape index (κ3) is 0.921. The summed E-state index contributed by atoms with van der Waals surface area (Å²) >= 11 is 0. The quantitative estimate of drug-likeness (QED) is 0.568. The minimum atomic E-state index is 0.647. The molecule has 0 saturated carbocycles. The van der Waals surface area contributed by atoms with E-state index in [1.807, 2.05) is 12.1 Å². The van der Waals surface area contributed by atoms with Crippen molar-refractivity contribution in [3.8, 4) is 6.07 Å². The molecule has 0 saturated heterocycles. The topological polar surface area (TPSA) is 23.8 Å². The van der Waals surface area contributed by atoms with Crippen LogP contribution in [0.25, 0.3) is 0 Å². The molecule has 1 atom stereocenters. The largest absolute Gasteiger partial charge is 0.192 e. The third-order valence-corrected chi connectivity index (χ3v) is 2.69. The van der Waals surface area contributed by atoms with Gasteiger partial charge in [-0.2, -0.15) is 5.26 Å². The average molecular weight is 157 g/mol. The van der Waals surface area contributed by atoms with E-state index in [1.54, 1.807) is 0 Å². The molecule has 0 fully saturated rings. The lowest BCUT2D eigenvalue weighted by Crippen LogP contribution is -1.88. The van der Waals surface area contributed by atoms with Crippen LogP contribution in [0.3, 0.4) is 0 Å². The van der Waals surface area contributed by atoms with Gasteiger partial charge >= 0.3 is 0 Å². The van der Waals surface area contributed by atoms with E-state index in [-0.39, 0.29) is 0 Å². The molecule has 1 aliphatic rings. The summed E-state index contributed by atoms with van der Waals surface area (Å²) in [4.78, 5) is 0. The van der Waals surface area contributed by atoms with Crippen LogP contribution >= 0.6 is 0 Å². The van der Waals surface area contributed by atoms with Crippen molar-refractivity contribution in [2.45, 2.75) is 25.7 Å². The Bertz CT molecular complexity index is 347. The first-order chi connectivity index (χ1) is 5.83. The van der Waals surface area contributed by atoms with Gasteiger partial charge in [-0.25, -0.2) is 0 Å². The molecule has 2 rings (SSSR count). The van der Waals surface area contributed by atoms with Gasteiger partial charge in [0.1, 0.15) is 0 Å². The van der Waals surface area contributed by atoms with E-state index in [0.29, 0.717) is 5.92 Å². The highest BCUT2D eigenvalue weighted by Crippen LogP contribution is 2.33. The summed E-state index contributed by atoms with van der Waals surface area (Å²) in [5, 5.41) is 8.84. The van der Waals surface area contributed by atoms with Crippen LogP contribution in [0.2, 0.25) is 0 Å². The predicted molar refractivity (Wildman–Crippen MR) is 47.9 cm³/mol. The van der Waals surface area contributed by atoms with Crippen LogP contribution in [0.5, 0.6) is 0 Å². The molecule has 12 heavy (non-hydrogen) atoms. The molecule has 0 spiro atoms. The highest BCUT2D eigenvalue weighted by molar-refractivity contribution is 5.46. The zero-order chi connectivity index (χ0) is 8.55. The number of benzene rings is 1. The fraction of sp³-hybridized carbons (Fsp3) is 0.364.